The molecule has 4 nitrogen and oxygen atoms in total. The van der Waals surface area contributed by atoms with Gasteiger partial charge < -0.3 is 15.4 Å². The number of nitrogens with one attached hydrogen (secondary N) is 2. The van der Waals surface area contributed by atoms with Crippen molar-refractivity contribution in [2.75, 3.05) is 26.0 Å². The number of methoxy groups -OCH3 is 1. The van der Waals surface area contributed by atoms with Gasteiger partial charge in [-0.2, -0.15) is 0 Å². The Bertz CT molecular complexity index is 369. The number of rotatable bonds is 5. The lowest BCUT2D eigenvalue weighted by atomic mass is 10.3. The van der Waals surface area contributed by atoms with Crippen LogP contribution in [0.15, 0.2) is 22.7 Å². The molecule has 0 unspecified atom stereocenters. The van der Waals surface area contributed by atoms with E-state index in [-0.39, 0.29) is 5.91 Å². The number of hydrogen-bond donors (Lipinski definition) is 2. The molecule has 1 aromatic carbocycles. The molecular weight excluding hydrogens is 272 g/mol. The van der Waals surface area contributed by atoms with Crippen LogP contribution in [0.1, 0.15) is 6.42 Å². The molecule has 0 aromatic heterocycles. The van der Waals surface area contributed by atoms with Crippen molar-refractivity contribution in [3.63, 3.8) is 0 Å². The number of amides is 1. The second-order valence-corrected chi connectivity index (χ2v) is 4.05. The van der Waals surface area contributed by atoms with Crippen molar-refractivity contribution in [2.45, 2.75) is 6.42 Å². The molecular formula is C11H15BrN2O2. The minimum absolute atomic E-state index is 0.0246. The SMILES string of the molecule is CNC(=O)CCNc1ccc(Br)c(OC)c1. The molecule has 0 saturated heterocycles. The third kappa shape index (κ3) is 3.73. The van der Waals surface area contributed by atoms with Crippen LogP contribution in [-0.2, 0) is 4.79 Å². The molecule has 0 heterocycles. The fourth-order valence-electron chi connectivity index (χ4n) is 1.22. The molecule has 0 atom stereocenters. The predicted octanol–water partition coefficient (Wildman–Crippen LogP) is 2.01. The molecule has 0 bridgehead atoms. The molecule has 88 valence electrons. The van der Waals surface area contributed by atoms with Crippen molar-refractivity contribution in [1.82, 2.24) is 5.32 Å². The van der Waals surface area contributed by atoms with Crippen molar-refractivity contribution >= 4 is 27.5 Å². The monoisotopic (exact) mass is 286 g/mol. The van der Waals surface area contributed by atoms with Crippen LogP contribution in [0.5, 0.6) is 5.75 Å². The van der Waals surface area contributed by atoms with Gasteiger partial charge in [-0.05, 0) is 28.1 Å². The van der Waals surface area contributed by atoms with E-state index in [9.17, 15) is 4.79 Å². The molecule has 0 radical (unpaired) electrons. The Morgan fingerprint density at radius 3 is 2.88 bits per heavy atom. The molecule has 1 aromatic rings. The summed E-state index contributed by atoms with van der Waals surface area (Å²) in [5, 5.41) is 5.72. The first kappa shape index (κ1) is 12.8. The number of halogens is 1. The van der Waals surface area contributed by atoms with Crippen molar-refractivity contribution < 1.29 is 9.53 Å². The summed E-state index contributed by atoms with van der Waals surface area (Å²) in [5.74, 6) is 0.793. The molecule has 1 rings (SSSR count). The number of benzene rings is 1. The quantitative estimate of drug-likeness (QED) is 0.871. The maximum atomic E-state index is 11.0. The van der Waals surface area contributed by atoms with Gasteiger partial charge in [0.05, 0.1) is 11.6 Å². The second kappa shape index (κ2) is 6.37. The van der Waals surface area contributed by atoms with Gasteiger partial charge in [-0.25, -0.2) is 0 Å². The highest BCUT2D eigenvalue weighted by Crippen LogP contribution is 2.27. The van der Waals surface area contributed by atoms with Gasteiger partial charge >= 0.3 is 0 Å². The van der Waals surface area contributed by atoms with Crippen molar-refractivity contribution in [3.8, 4) is 5.75 Å². The molecule has 2 N–H and O–H groups in total. The molecule has 5 heteroatoms. The summed E-state index contributed by atoms with van der Waals surface area (Å²) in [6.07, 6.45) is 0.453. The average molecular weight is 287 g/mol. The Balaban J connectivity index is 2.51. The Kier molecular flexibility index (Phi) is 5.11. The van der Waals surface area contributed by atoms with E-state index in [1.54, 1.807) is 14.2 Å². The fourth-order valence-corrected chi connectivity index (χ4v) is 1.62. The van der Waals surface area contributed by atoms with Gasteiger partial charge in [0.1, 0.15) is 5.75 Å². The van der Waals surface area contributed by atoms with E-state index in [0.717, 1.165) is 15.9 Å². The lowest BCUT2D eigenvalue weighted by Gasteiger charge is -2.08. The van der Waals surface area contributed by atoms with Gasteiger partial charge in [0.25, 0.3) is 0 Å². The third-order valence-electron chi connectivity index (χ3n) is 2.11. The summed E-state index contributed by atoms with van der Waals surface area (Å²) >= 11 is 3.38. The Hall–Kier alpha value is -1.23. The second-order valence-electron chi connectivity index (χ2n) is 3.20. The van der Waals surface area contributed by atoms with E-state index in [1.807, 2.05) is 18.2 Å². The summed E-state index contributed by atoms with van der Waals surface area (Å²) in [4.78, 5) is 11.0. The van der Waals surface area contributed by atoms with Crippen LogP contribution < -0.4 is 15.4 Å². The van der Waals surface area contributed by atoms with Crippen LogP contribution in [0.25, 0.3) is 0 Å². The number of ether oxygens (including phenoxy) is 1. The molecule has 0 aliphatic rings. The summed E-state index contributed by atoms with van der Waals surface area (Å²) in [7, 11) is 3.25. The number of carbonyl (C=O) groups excluding carboxylic acids is 1. The van der Waals surface area contributed by atoms with Gasteiger partial charge in [0.15, 0.2) is 0 Å². The maximum Gasteiger partial charge on any atom is 0.221 e. The zero-order valence-corrected chi connectivity index (χ0v) is 10.9. The maximum absolute atomic E-state index is 11.0. The van der Waals surface area contributed by atoms with Crippen molar-refractivity contribution in [2.24, 2.45) is 0 Å². The van der Waals surface area contributed by atoms with Crippen molar-refractivity contribution in [3.05, 3.63) is 22.7 Å². The lowest BCUT2D eigenvalue weighted by molar-refractivity contribution is -0.120. The highest BCUT2D eigenvalue weighted by atomic mass is 79.9. The zero-order valence-electron chi connectivity index (χ0n) is 9.34. The van der Waals surface area contributed by atoms with Crippen LogP contribution in [0.4, 0.5) is 5.69 Å². The van der Waals surface area contributed by atoms with Gasteiger partial charge in [-0.15, -0.1) is 0 Å². The van der Waals surface area contributed by atoms with E-state index in [1.165, 1.54) is 0 Å². The molecule has 0 aliphatic carbocycles. The number of anilines is 1. The van der Waals surface area contributed by atoms with Crippen molar-refractivity contribution in [1.29, 1.82) is 0 Å². The van der Waals surface area contributed by atoms with Crippen LogP contribution in [0.3, 0.4) is 0 Å². The van der Waals surface area contributed by atoms with Gasteiger partial charge in [0, 0.05) is 31.8 Å². The third-order valence-corrected chi connectivity index (χ3v) is 2.77. The van der Waals surface area contributed by atoms with Crippen LogP contribution in [0, 0.1) is 0 Å². The Morgan fingerprint density at radius 2 is 2.25 bits per heavy atom. The van der Waals surface area contributed by atoms with E-state index < -0.39 is 0 Å². The zero-order chi connectivity index (χ0) is 12.0. The smallest absolute Gasteiger partial charge is 0.221 e. The van der Waals surface area contributed by atoms with E-state index in [4.69, 9.17) is 4.74 Å². The first-order valence-electron chi connectivity index (χ1n) is 4.95. The minimum Gasteiger partial charge on any atom is -0.495 e. The van der Waals surface area contributed by atoms with E-state index >= 15 is 0 Å². The summed E-state index contributed by atoms with van der Waals surface area (Å²) in [5.41, 5.74) is 0.934. The minimum atomic E-state index is 0.0246. The summed E-state index contributed by atoms with van der Waals surface area (Å²) in [6, 6.07) is 5.71. The molecule has 16 heavy (non-hydrogen) atoms. The summed E-state index contributed by atoms with van der Waals surface area (Å²) in [6.45, 7) is 0.602. The molecule has 0 aliphatic heterocycles. The first-order valence-corrected chi connectivity index (χ1v) is 5.74. The standard InChI is InChI=1S/C11H15BrN2O2/c1-13-11(15)5-6-14-8-3-4-9(12)10(7-8)16-2/h3-4,7,14H,5-6H2,1-2H3,(H,13,15). The predicted molar refractivity (Wildman–Crippen MR) is 67.9 cm³/mol. The molecule has 0 fully saturated rings. The average Bonchev–Trinajstić information content (AvgIpc) is 2.31. The lowest BCUT2D eigenvalue weighted by Crippen LogP contribution is -2.20. The summed E-state index contributed by atoms with van der Waals surface area (Å²) < 4.78 is 6.08. The van der Waals surface area contributed by atoms with Crippen LogP contribution in [-0.4, -0.2) is 26.6 Å². The van der Waals surface area contributed by atoms with Gasteiger partial charge in [0.2, 0.25) is 5.91 Å². The number of hydrogen-bond acceptors (Lipinski definition) is 3. The van der Waals surface area contributed by atoms with E-state index in [0.29, 0.717) is 13.0 Å². The Labute approximate surface area is 103 Å². The van der Waals surface area contributed by atoms with Crippen LogP contribution in [0.2, 0.25) is 0 Å². The first-order chi connectivity index (χ1) is 7.67. The largest absolute Gasteiger partial charge is 0.495 e. The normalized spacial score (nSPS) is 9.69. The van der Waals surface area contributed by atoms with Gasteiger partial charge in [-0.3, -0.25) is 4.79 Å². The molecule has 1 amide bonds. The molecule has 0 spiro atoms. The highest BCUT2D eigenvalue weighted by Gasteiger charge is 2.02. The molecule has 0 saturated carbocycles. The fraction of sp³-hybridized carbons (Fsp3) is 0.364. The topological polar surface area (TPSA) is 50.4 Å². The highest BCUT2D eigenvalue weighted by molar-refractivity contribution is 9.10. The van der Waals surface area contributed by atoms with E-state index in [2.05, 4.69) is 26.6 Å². The van der Waals surface area contributed by atoms with Gasteiger partial charge in [-0.1, -0.05) is 0 Å². The number of carbonyl (C=O) groups is 1. The van der Waals surface area contributed by atoms with Crippen LogP contribution >= 0.6 is 15.9 Å². The Morgan fingerprint density at radius 1 is 1.50 bits per heavy atom.